The number of anilines is 2. The van der Waals surface area contributed by atoms with Crippen LogP contribution in [0.2, 0.25) is 0 Å². The Kier molecular flexibility index (Phi) is 5.92. The van der Waals surface area contributed by atoms with Gasteiger partial charge in [-0.1, -0.05) is 12.1 Å². The number of allylic oxidation sites excluding steroid dienone is 1. The van der Waals surface area contributed by atoms with Crippen molar-refractivity contribution in [3.05, 3.63) is 76.5 Å². The SMILES string of the molecule is COC(=O)C1=C(C)N(c2ccc(C(F)(F)F)cc2)C(=O)/C1=C\c1ccc(N(C)C)cc1. The van der Waals surface area contributed by atoms with E-state index in [1.54, 1.807) is 25.1 Å². The van der Waals surface area contributed by atoms with E-state index in [2.05, 4.69) is 0 Å². The van der Waals surface area contributed by atoms with Gasteiger partial charge < -0.3 is 9.64 Å². The summed E-state index contributed by atoms with van der Waals surface area (Å²) in [7, 11) is 5.01. The van der Waals surface area contributed by atoms with Gasteiger partial charge in [-0.3, -0.25) is 9.69 Å². The molecule has 0 atom stereocenters. The van der Waals surface area contributed by atoms with E-state index in [4.69, 9.17) is 4.74 Å². The molecule has 162 valence electrons. The van der Waals surface area contributed by atoms with Crippen molar-refractivity contribution in [1.29, 1.82) is 0 Å². The van der Waals surface area contributed by atoms with Crippen LogP contribution < -0.4 is 9.80 Å². The molecular weight excluding hydrogens is 409 g/mol. The minimum absolute atomic E-state index is 0.0732. The molecule has 3 rings (SSSR count). The molecule has 0 radical (unpaired) electrons. The summed E-state index contributed by atoms with van der Waals surface area (Å²) in [5, 5.41) is 0. The van der Waals surface area contributed by atoms with E-state index in [0.29, 0.717) is 5.56 Å². The molecule has 2 aromatic rings. The number of nitrogens with zero attached hydrogens (tertiary/aromatic N) is 2. The quantitative estimate of drug-likeness (QED) is 0.524. The van der Waals surface area contributed by atoms with Crippen LogP contribution in [-0.2, 0) is 20.5 Å². The van der Waals surface area contributed by atoms with Gasteiger partial charge in [0, 0.05) is 31.2 Å². The van der Waals surface area contributed by atoms with Gasteiger partial charge in [0.15, 0.2) is 0 Å². The molecule has 0 spiro atoms. The molecule has 0 unspecified atom stereocenters. The smallest absolute Gasteiger partial charge is 0.416 e. The molecule has 5 nitrogen and oxygen atoms in total. The van der Waals surface area contributed by atoms with Crippen LogP contribution in [0.15, 0.2) is 65.4 Å². The summed E-state index contributed by atoms with van der Waals surface area (Å²) in [4.78, 5) is 28.7. The Balaban J connectivity index is 2.05. The summed E-state index contributed by atoms with van der Waals surface area (Å²) in [6.45, 7) is 1.55. The van der Waals surface area contributed by atoms with Crippen molar-refractivity contribution in [3.8, 4) is 0 Å². The summed E-state index contributed by atoms with van der Waals surface area (Å²) < 4.78 is 43.5. The van der Waals surface area contributed by atoms with Crippen molar-refractivity contribution >= 4 is 29.3 Å². The van der Waals surface area contributed by atoms with Gasteiger partial charge in [0.2, 0.25) is 0 Å². The predicted octanol–water partition coefficient (Wildman–Crippen LogP) is 4.65. The van der Waals surface area contributed by atoms with Gasteiger partial charge in [0.1, 0.15) is 0 Å². The van der Waals surface area contributed by atoms with Gasteiger partial charge in [-0.05, 0) is 55.0 Å². The Bertz CT molecular complexity index is 1070. The summed E-state index contributed by atoms with van der Waals surface area (Å²) in [6.07, 6.45) is -2.92. The molecule has 0 fully saturated rings. The van der Waals surface area contributed by atoms with Crippen molar-refractivity contribution < 1.29 is 27.5 Å². The Morgan fingerprint density at radius 1 is 1.03 bits per heavy atom. The number of esters is 1. The van der Waals surface area contributed by atoms with Gasteiger partial charge >= 0.3 is 12.1 Å². The van der Waals surface area contributed by atoms with Gasteiger partial charge in [-0.15, -0.1) is 0 Å². The first kappa shape index (κ1) is 22.1. The van der Waals surface area contributed by atoms with Gasteiger partial charge in [0.25, 0.3) is 5.91 Å². The number of benzene rings is 2. The van der Waals surface area contributed by atoms with Crippen molar-refractivity contribution in [2.75, 3.05) is 31.0 Å². The van der Waals surface area contributed by atoms with E-state index >= 15 is 0 Å². The third kappa shape index (κ3) is 4.33. The minimum atomic E-state index is -4.49. The van der Waals surface area contributed by atoms with Crippen molar-refractivity contribution in [2.45, 2.75) is 13.1 Å². The number of methoxy groups -OCH3 is 1. The van der Waals surface area contributed by atoms with E-state index < -0.39 is 23.6 Å². The van der Waals surface area contributed by atoms with Crippen LogP contribution in [0.4, 0.5) is 24.5 Å². The van der Waals surface area contributed by atoms with Crippen molar-refractivity contribution in [2.24, 2.45) is 0 Å². The largest absolute Gasteiger partial charge is 0.465 e. The number of alkyl halides is 3. The highest BCUT2D eigenvalue weighted by Crippen LogP contribution is 2.37. The van der Waals surface area contributed by atoms with E-state index in [-0.39, 0.29) is 22.5 Å². The lowest BCUT2D eigenvalue weighted by Crippen LogP contribution is -2.24. The normalized spacial score (nSPS) is 15.6. The number of hydrogen-bond acceptors (Lipinski definition) is 4. The number of amides is 1. The average Bonchev–Trinajstić information content (AvgIpc) is 2.97. The van der Waals surface area contributed by atoms with Gasteiger partial charge in [-0.2, -0.15) is 13.2 Å². The third-order valence-corrected chi connectivity index (χ3v) is 4.96. The second-order valence-electron chi connectivity index (χ2n) is 7.18. The number of halogens is 3. The van der Waals surface area contributed by atoms with Gasteiger partial charge in [-0.25, -0.2) is 4.79 Å². The van der Waals surface area contributed by atoms with Crippen LogP contribution in [0, 0.1) is 0 Å². The monoisotopic (exact) mass is 430 g/mol. The predicted molar refractivity (Wildman–Crippen MR) is 112 cm³/mol. The number of carbonyl (C=O) groups is 2. The zero-order chi connectivity index (χ0) is 22.9. The average molecular weight is 430 g/mol. The lowest BCUT2D eigenvalue weighted by Gasteiger charge is -2.18. The fourth-order valence-corrected chi connectivity index (χ4v) is 3.33. The van der Waals surface area contributed by atoms with E-state index in [0.717, 1.165) is 17.8 Å². The molecule has 2 aromatic carbocycles. The lowest BCUT2D eigenvalue weighted by molar-refractivity contribution is -0.137. The van der Waals surface area contributed by atoms with Crippen LogP contribution in [0.25, 0.3) is 6.08 Å². The van der Waals surface area contributed by atoms with Crippen molar-refractivity contribution in [3.63, 3.8) is 0 Å². The van der Waals surface area contributed by atoms with Gasteiger partial charge in [0.05, 0.1) is 23.8 Å². The molecule has 1 heterocycles. The molecule has 1 amide bonds. The van der Waals surface area contributed by atoms with E-state index in [1.165, 1.54) is 24.1 Å². The lowest BCUT2D eigenvalue weighted by atomic mass is 10.0. The Hall–Kier alpha value is -3.55. The first-order chi connectivity index (χ1) is 14.5. The Labute approximate surface area is 178 Å². The minimum Gasteiger partial charge on any atom is -0.465 e. The van der Waals surface area contributed by atoms with Crippen LogP contribution in [0.1, 0.15) is 18.1 Å². The van der Waals surface area contributed by atoms with Crippen LogP contribution in [0.5, 0.6) is 0 Å². The number of hydrogen-bond donors (Lipinski definition) is 0. The molecule has 8 heteroatoms. The molecule has 1 aliphatic heterocycles. The molecule has 31 heavy (non-hydrogen) atoms. The highest BCUT2D eigenvalue weighted by Gasteiger charge is 2.38. The maximum atomic E-state index is 13.2. The number of carbonyl (C=O) groups excluding carboxylic acids is 2. The van der Waals surface area contributed by atoms with E-state index in [1.807, 2.05) is 31.1 Å². The Morgan fingerprint density at radius 2 is 1.61 bits per heavy atom. The molecule has 0 aliphatic carbocycles. The fourth-order valence-electron chi connectivity index (χ4n) is 3.33. The molecule has 1 aliphatic rings. The molecule has 0 saturated carbocycles. The second kappa shape index (κ2) is 8.29. The first-order valence-electron chi connectivity index (χ1n) is 9.35. The molecular formula is C23H21F3N2O3. The second-order valence-corrected chi connectivity index (χ2v) is 7.18. The first-order valence-corrected chi connectivity index (χ1v) is 9.35. The summed E-state index contributed by atoms with van der Waals surface area (Å²) in [6, 6.07) is 11.6. The Morgan fingerprint density at radius 3 is 2.10 bits per heavy atom. The summed E-state index contributed by atoms with van der Waals surface area (Å²) in [5.41, 5.74) is 1.53. The number of ether oxygens (including phenoxy) is 1. The topological polar surface area (TPSA) is 49.9 Å². The summed E-state index contributed by atoms with van der Waals surface area (Å²) in [5.74, 6) is -1.22. The third-order valence-electron chi connectivity index (χ3n) is 4.96. The molecule has 0 aromatic heterocycles. The molecule has 0 saturated heterocycles. The van der Waals surface area contributed by atoms with Crippen LogP contribution >= 0.6 is 0 Å². The number of rotatable bonds is 4. The maximum absolute atomic E-state index is 13.2. The fraction of sp³-hybridized carbons (Fsp3) is 0.217. The zero-order valence-electron chi connectivity index (χ0n) is 17.4. The standard InChI is InChI=1S/C23H21F3N2O3/c1-14-20(22(30)31-4)19(13-15-5-9-17(10-6-15)27(2)3)21(29)28(14)18-11-7-16(8-12-18)23(24,25)26/h5-13H,1-4H3/b19-13-. The highest BCUT2D eigenvalue weighted by atomic mass is 19.4. The van der Waals surface area contributed by atoms with Crippen LogP contribution in [-0.4, -0.2) is 33.1 Å². The van der Waals surface area contributed by atoms with Crippen LogP contribution in [0.3, 0.4) is 0 Å². The molecule has 0 bridgehead atoms. The maximum Gasteiger partial charge on any atom is 0.416 e. The summed E-state index contributed by atoms with van der Waals surface area (Å²) >= 11 is 0. The van der Waals surface area contributed by atoms with E-state index in [9.17, 15) is 22.8 Å². The highest BCUT2D eigenvalue weighted by molar-refractivity contribution is 6.23. The molecule has 0 N–H and O–H groups in total. The van der Waals surface area contributed by atoms with Crippen molar-refractivity contribution in [1.82, 2.24) is 0 Å². The zero-order valence-corrected chi connectivity index (χ0v) is 17.4.